The van der Waals surface area contributed by atoms with Gasteiger partial charge in [0.25, 0.3) is 0 Å². The summed E-state index contributed by atoms with van der Waals surface area (Å²) in [6, 6.07) is 8.97. The van der Waals surface area contributed by atoms with Crippen LogP contribution in [0.3, 0.4) is 0 Å². The van der Waals surface area contributed by atoms with E-state index >= 15 is 0 Å². The zero-order valence-electron chi connectivity index (χ0n) is 16.5. The smallest absolute Gasteiger partial charge is 0.245 e. The molecule has 4 rings (SSSR count). The van der Waals surface area contributed by atoms with Crippen LogP contribution in [0.1, 0.15) is 31.2 Å². The highest BCUT2D eigenvalue weighted by Gasteiger charge is 2.39. The van der Waals surface area contributed by atoms with Crippen LogP contribution in [0.5, 0.6) is 0 Å². The number of amides is 1. The van der Waals surface area contributed by atoms with Crippen molar-refractivity contribution in [2.24, 2.45) is 0 Å². The van der Waals surface area contributed by atoms with Crippen LogP contribution in [0.25, 0.3) is 0 Å². The molecule has 1 aliphatic carbocycles. The van der Waals surface area contributed by atoms with E-state index in [-0.39, 0.29) is 23.4 Å². The molecule has 2 aliphatic rings. The molecule has 154 valence electrons. The summed E-state index contributed by atoms with van der Waals surface area (Å²) in [5.41, 5.74) is 2.85. The number of pyridine rings is 1. The zero-order chi connectivity index (χ0) is 20.4. The second kappa shape index (κ2) is 8.12. The predicted molar refractivity (Wildman–Crippen MR) is 112 cm³/mol. The molecule has 1 N–H and O–H groups in total. The monoisotopic (exact) mass is 414 g/mol. The van der Waals surface area contributed by atoms with Gasteiger partial charge in [-0.2, -0.15) is 4.31 Å². The van der Waals surface area contributed by atoms with Crippen LogP contribution < -0.4 is 10.2 Å². The molecule has 1 saturated carbocycles. The Kier molecular flexibility index (Phi) is 5.56. The molecule has 2 fully saturated rings. The molecule has 8 heteroatoms. The van der Waals surface area contributed by atoms with Crippen molar-refractivity contribution in [3.05, 3.63) is 48.3 Å². The molecular formula is C21H26N4O3S. The van der Waals surface area contributed by atoms with E-state index in [1.54, 1.807) is 6.07 Å². The van der Waals surface area contributed by atoms with Gasteiger partial charge in [0, 0.05) is 42.9 Å². The number of rotatable bonds is 7. The summed E-state index contributed by atoms with van der Waals surface area (Å²) in [6.07, 6.45) is 6.82. The maximum absolute atomic E-state index is 13.0. The van der Waals surface area contributed by atoms with Gasteiger partial charge in [-0.1, -0.05) is 0 Å². The fourth-order valence-electron chi connectivity index (χ4n) is 3.70. The molecule has 0 radical (unpaired) electrons. The molecule has 0 atom stereocenters. The van der Waals surface area contributed by atoms with E-state index in [4.69, 9.17) is 0 Å². The van der Waals surface area contributed by atoms with E-state index in [9.17, 15) is 13.2 Å². The van der Waals surface area contributed by atoms with E-state index in [1.165, 1.54) is 35.6 Å². The third-order valence-electron chi connectivity index (χ3n) is 5.45. The van der Waals surface area contributed by atoms with E-state index in [0.717, 1.165) is 37.2 Å². The first-order valence-corrected chi connectivity index (χ1v) is 11.5. The molecule has 1 amide bonds. The number of hydrogen-bond acceptors (Lipinski definition) is 5. The predicted octanol–water partition coefficient (Wildman–Crippen LogP) is 2.78. The summed E-state index contributed by atoms with van der Waals surface area (Å²) in [7, 11) is -3.75. The summed E-state index contributed by atoms with van der Waals surface area (Å²) < 4.78 is 27.2. The lowest BCUT2D eigenvalue weighted by molar-refractivity contribution is -0.116. The van der Waals surface area contributed by atoms with Gasteiger partial charge >= 0.3 is 0 Å². The van der Waals surface area contributed by atoms with Crippen molar-refractivity contribution < 1.29 is 13.2 Å². The van der Waals surface area contributed by atoms with Crippen LogP contribution >= 0.6 is 0 Å². The highest BCUT2D eigenvalue weighted by atomic mass is 32.2. The van der Waals surface area contributed by atoms with Gasteiger partial charge in [-0.3, -0.25) is 9.78 Å². The van der Waals surface area contributed by atoms with Gasteiger partial charge in [0.15, 0.2) is 0 Å². The highest BCUT2D eigenvalue weighted by Crippen LogP contribution is 2.32. The van der Waals surface area contributed by atoms with Crippen molar-refractivity contribution in [1.82, 2.24) is 9.29 Å². The van der Waals surface area contributed by atoms with Crippen molar-refractivity contribution in [2.45, 2.75) is 43.5 Å². The summed E-state index contributed by atoms with van der Waals surface area (Å²) in [6.45, 7) is 3.89. The molecule has 0 spiro atoms. The van der Waals surface area contributed by atoms with Gasteiger partial charge in [-0.05, 0) is 68.5 Å². The number of sulfonamides is 1. The number of benzene rings is 1. The molecule has 1 saturated heterocycles. The first kappa shape index (κ1) is 19.8. The Morgan fingerprint density at radius 3 is 2.62 bits per heavy atom. The van der Waals surface area contributed by atoms with Crippen molar-refractivity contribution in [1.29, 1.82) is 0 Å². The van der Waals surface area contributed by atoms with Crippen LogP contribution in [0.4, 0.5) is 11.4 Å². The molecule has 1 aromatic heterocycles. The van der Waals surface area contributed by atoms with Gasteiger partial charge in [0.2, 0.25) is 15.9 Å². The Labute approximate surface area is 171 Å². The summed E-state index contributed by atoms with van der Waals surface area (Å²) in [4.78, 5) is 19.0. The van der Waals surface area contributed by atoms with Crippen molar-refractivity contribution >= 4 is 27.3 Å². The second-order valence-corrected chi connectivity index (χ2v) is 9.60. The topological polar surface area (TPSA) is 82.6 Å². The number of aryl methyl sites for hydroxylation is 1. The van der Waals surface area contributed by atoms with E-state index < -0.39 is 10.0 Å². The minimum Gasteiger partial charge on any atom is -0.372 e. The third-order valence-corrected chi connectivity index (χ3v) is 7.33. The Balaban J connectivity index is 1.46. The quantitative estimate of drug-likeness (QED) is 0.753. The Hall–Kier alpha value is -2.45. The van der Waals surface area contributed by atoms with E-state index in [0.29, 0.717) is 5.69 Å². The Morgan fingerprint density at radius 2 is 2.00 bits per heavy atom. The van der Waals surface area contributed by atoms with Crippen LogP contribution in [0.2, 0.25) is 0 Å². The lowest BCUT2D eigenvalue weighted by Gasteiger charge is -2.22. The maximum Gasteiger partial charge on any atom is 0.245 e. The summed E-state index contributed by atoms with van der Waals surface area (Å²) >= 11 is 0. The maximum atomic E-state index is 13.0. The second-order valence-electron chi connectivity index (χ2n) is 7.71. The first-order chi connectivity index (χ1) is 13.9. The number of carbonyl (C=O) groups is 1. The Bertz CT molecular complexity index is 984. The summed E-state index contributed by atoms with van der Waals surface area (Å²) in [5.74, 6) is -0.332. The van der Waals surface area contributed by atoms with Gasteiger partial charge in [0.1, 0.15) is 4.90 Å². The SMILES string of the molecule is Cc1cc(N2CCCC2)ccc1NC(=O)CN(C1CC1)S(=O)(=O)c1cccnc1. The molecule has 29 heavy (non-hydrogen) atoms. The molecule has 1 aromatic carbocycles. The normalized spacial score (nSPS) is 17.0. The largest absolute Gasteiger partial charge is 0.372 e. The molecule has 2 heterocycles. The fraction of sp³-hybridized carbons (Fsp3) is 0.429. The first-order valence-electron chi connectivity index (χ1n) is 10.0. The van der Waals surface area contributed by atoms with Gasteiger partial charge in [-0.15, -0.1) is 0 Å². The third kappa shape index (κ3) is 4.43. The van der Waals surface area contributed by atoms with Crippen LogP contribution in [-0.2, 0) is 14.8 Å². The van der Waals surface area contributed by atoms with Crippen LogP contribution in [0, 0.1) is 6.92 Å². The van der Waals surface area contributed by atoms with E-state index in [2.05, 4.69) is 21.3 Å². The van der Waals surface area contributed by atoms with Crippen molar-refractivity contribution in [3.63, 3.8) is 0 Å². The standard InChI is InChI=1S/C21H26N4O3S/c1-16-13-18(24-11-2-3-12-24)8-9-20(16)23-21(26)15-25(17-6-7-17)29(27,28)19-5-4-10-22-14-19/h4-5,8-10,13-14,17H,2-3,6-7,11-12,15H2,1H3,(H,23,26). The average molecular weight is 415 g/mol. The number of hydrogen-bond donors (Lipinski definition) is 1. The molecule has 2 aromatic rings. The number of aromatic nitrogens is 1. The fourth-order valence-corrected chi connectivity index (χ4v) is 5.31. The number of carbonyl (C=O) groups excluding carboxylic acids is 1. The molecule has 7 nitrogen and oxygen atoms in total. The Morgan fingerprint density at radius 1 is 1.24 bits per heavy atom. The van der Waals surface area contributed by atoms with Gasteiger partial charge < -0.3 is 10.2 Å². The molecule has 1 aliphatic heterocycles. The number of nitrogens with one attached hydrogen (secondary N) is 1. The van der Waals surface area contributed by atoms with Crippen LogP contribution in [0.15, 0.2) is 47.6 Å². The zero-order valence-corrected chi connectivity index (χ0v) is 17.4. The average Bonchev–Trinajstić information content (AvgIpc) is 3.40. The van der Waals surface area contributed by atoms with Crippen molar-refractivity contribution in [2.75, 3.05) is 29.9 Å². The number of nitrogens with zero attached hydrogens (tertiary/aromatic N) is 3. The molecular weight excluding hydrogens is 388 g/mol. The van der Waals surface area contributed by atoms with Gasteiger partial charge in [0.05, 0.1) is 6.54 Å². The van der Waals surface area contributed by atoms with Gasteiger partial charge in [-0.25, -0.2) is 8.42 Å². The molecule has 0 bridgehead atoms. The van der Waals surface area contributed by atoms with E-state index in [1.807, 2.05) is 19.1 Å². The van der Waals surface area contributed by atoms with Crippen molar-refractivity contribution in [3.8, 4) is 0 Å². The summed E-state index contributed by atoms with van der Waals surface area (Å²) in [5, 5.41) is 2.89. The van der Waals surface area contributed by atoms with Crippen LogP contribution in [-0.4, -0.2) is 49.3 Å². The minimum absolute atomic E-state index is 0.117. The lowest BCUT2D eigenvalue weighted by atomic mass is 10.1. The highest BCUT2D eigenvalue weighted by molar-refractivity contribution is 7.89. The lowest BCUT2D eigenvalue weighted by Crippen LogP contribution is -2.39. The molecule has 0 unspecified atom stereocenters. The number of anilines is 2. The minimum atomic E-state index is -3.75.